The van der Waals surface area contributed by atoms with Gasteiger partial charge >= 0.3 is 11.9 Å². The van der Waals surface area contributed by atoms with Crippen LogP contribution in [0.5, 0.6) is 0 Å². The summed E-state index contributed by atoms with van der Waals surface area (Å²) in [5, 5.41) is 19.2. The first-order valence-corrected chi connectivity index (χ1v) is 8.04. The Hall–Kier alpha value is -1.02. The van der Waals surface area contributed by atoms with Gasteiger partial charge in [-0.05, 0) is 24.0 Å². The highest BCUT2D eigenvalue weighted by atomic mass is 32.2. The zero-order valence-electron chi connectivity index (χ0n) is 9.74. The summed E-state index contributed by atoms with van der Waals surface area (Å²) in [6.07, 6.45) is 0.458. The third kappa shape index (κ3) is 11.5. The van der Waals surface area contributed by atoms with E-state index in [4.69, 9.17) is 10.2 Å². The van der Waals surface area contributed by atoms with Crippen LogP contribution in [0.1, 0.15) is 25.7 Å². The average Bonchev–Trinajstić information content (AvgIpc) is 2.21. The van der Waals surface area contributed by atoms with Crippen LogP contribution in [0.25, 0.3) is 0 Å². The minimum Gasteiger partial charge on any atom is -0.481 e. The van der Waals surface area contributed by atoms with Crippen molar-refractivity contribution in [1.29, 1.82) is 0 Å². The lowest BCUT2D eigenvalue weighted by Crippen LogP contribution is -2.04. The summed E-state index contributed by atoms with van der Waals surface area (Å²) in [4.78, 5) is 20.4. The van der Waals surface area contributed by atoms with Crippen LogP contribution in [0, 0.1) is 0 Å². The van der Waals surface area contributed by atoms with Gasteiger partial charge in [0.05, 0.1) is 5.75 Å². The second-order valence-corrected chi connectivity index (χ2v) is 6.52. The Bertz CT molecular complexity index is 399. The predicted molar refractivity (Wildman–Crippen MR) is 69.1 cm³/mol. The number of carboxylic acids is 2. The summed E-state index contributed by atoms with van der Waals surface area (Å²) < 4.78 is 22.7. The van der Waals surface area contributed by atoms with E-state index in [-0.39, 0.29) is 25.0 Å². The summed E-state index contributed by atoms with van der Waals surface area (Å²) in [6.45, 7) is 0. The first kappa shape index (κ1) is 17.0. The van der Waals surface area contributed by atoms with Gasteiger partial charge in [-0.2, -0.15) is 0 Å². The van der Waals surface area contributed by atoms with E-state index in [0.29, 0.717) is 12.2 Å². The quantitative estimate of drug-likeness (QED) is 0.585. The second kappa shape index (κ2) is 8.98. The number of hydrogen-bond acceptors (Lipinski definition) is 5. The number of aliphatic carboxylic acids is 2. The lowest BCUT2D eigenvalue weighted by atomic mass is 10.3. The molecule has 0 saturated heterocycles. The predicted octanol–water partition coefficient (Wildman–Crippen LogP) is 1.34. The number of sulfone groups is 1. The van der Waals surface area contributed by atoms with E-state index in [1.165, 1.54) is 17.2 Å². The van der Waals surface area contributed by atoms with Crippen molar-refractivity contribution in [2.24, 2.45) is 0 Å². The molecule has 0 unspecified atom stereocenters. The van der Waals surface area contributed by atoms with Gasteiger partial charge in [-0.15, -0.1) is 11.8 Å². The highest BCUT2D eigenvalue weighted by Gasteiger charge is 2.07. The van der Waals surface area contributed by atoms with Gasteiger partial charge in [0, 0.05) is 18.2 Å². The fourth-order valence-electron chi connectivity index (χ4n) is 0.991. The summed E-state index contributed by atoms with van der Waals surface area (Å²) in [6, 6.07) is 0. The summed E-state index contributed by atoms with van der Waals surface area (Å²) in [7, 11) is -3.36. The smallest absolute Gasteiger partial charge is 0.303 e. The number of hydrogen-bond donors (Lipinski definition) is 2. The summed E-state index contributed by atoms with van der Waals surface area (Å²) in [5.74, 6) is -1.54. The Morgan fingerprint density at radius 1 is 1.06 bits per heavy atom. The van der Waals surface area contributed by atoms with Crippen molar-refractivity contribution in [3.8, 4) is 0 Å². The number of rotatable bonds is 10. The van der Waals surface area contributed by atoms with E-state index in [2.05, 4.69) is 0 Å². The lowest BCUT2D eigenvalue weighted by molar-refractivity contribution is -0.138. The Morgan fingerprint density at radius 3 is 2.17 bits per heavy atom. The fraction of sp³-hybridized carbons (Fsp3) is 0.600. The van der Waals surface area contributed by atoms with Crippen molar-refractivity contribution in [2.45, 2.75) is 25.7 Å². The van der Waals surface area contributed by atoms with Gasteiger partial charge in [-0.3, -0.25) is 9.59 Å². The topological polar surface area (TPSA) is 109 Å². The van der Waals surface area contributed by atoms with Gasteiger partial charge in [-0.1, -0.05) is 0 Å². The van der Waals surface area contributed by atoms with E-state index < -0.39 is 21.8 Å². The van der Waals surface area contributed by atoms with Gasteiger partial charge in [0.2, 0.25) is 0 Å². The zero-order valence-corrected chi connectivity index (χ0v) is 11.4. The van der Waals surface area contributed by atoms with Crippen LogP contribution in [-0.2, 0) is 19.4 Å². The maximum atomic E-state index is 11.4. The van der Waals surface area contributed by atoms with Crippen molar-refractivity contribution in [3.63, 3.8) is 0 Å². The van der Waals surface area contributed by atoms with Gasteiger partial charge < -0.3 is 10.2 Å². The van der Waals surface area contributed by atoms with E-state index >= 15 is 0 Å². The van der Waals surface area contributed by atoms with E-state index in [1.54, 1.807) is 0 Å². The first-order valence-electron chi connectivity index (χ1n) is 5.28. The van der Waals surface area contributed by atoms with Crippen LogP contribution in [0.3, 0.4) is 0 Å². The SMILES string of the molecule is O=C(O)CCCSC=CS(=O)(=O)CCCC(=O)O. The molecule has 0 saturated carbocycles. The molecule has 0 rings (SSSR count). The summed E-state index contributed by atoms with van der Waals surface area (Å²) >= 11 is 1.22. The van der Waals surface area contributed by atoms with Crippen molar-refractivity contribution in [1.82, 2.24) is 0 Å². The van der Waals surface area contributed by atoms with Gasteiger partial charge in [-0.25, -0.2) is 8.42 Å². The van der Waals surface area contributed by atoms with Crippen LogP contribution in [-0.4, -0.2) is 42.1 Å². The molecule has 0 aliphatic carbocycles. The molecule has 0 heterocycles. The molecule has 0 radical (unpaired) electrons. The Morgan fingerprint density at radius 2 is 1.61 bits per heavy atom. The minimum atomic E-state index is -3.36. The molecule has 0 aromatic rings. The molecule has 0 aromatic carbocycles. The third-order valence-corrected chi connectivity index (χ3v) is 4.27. The lowest BCUT2D eigenvalue weighted by Gasteiger charge is -1.97. The number of carboxylic acid groups (broad SMARTS) is 2. The average molecular weight is 296 g/mol. The van der Waals surface area contributed by atoms with E-state index in [9.17, 15) is 18.0 Å². The number of thioether (sulfide) groups is 1. The molecule has 18 heavy (non-hydrogen) atoms. The molecule has 8 heteroatoms. The molecule has 104 valence electrons. The van der Waals surface area contributed by atoms with Gasteiger partial charge in [0.25, 0.3) is 0 Å². The highest BCUT2D eigenvalue weighted by Crippen LogP contribution is 2.09. The largest absolute Gasteiger partial charge is 0.481 e. The van der Waals surface area contributed by atoms with Crippen molar-refractivity contribution < 1.29 is 28.2 Å². The fourth-order valence-corrected chi connectivity index (χ4v) is 3.11. The molecule has 0 aliphatic heterocycles. The first-order chi connectivity index (χ1) is 8.33. The van der Waals surface area contributed by atoms with Crippen molar-refractivity contribution in [2.75, 3.05) is 11.5 Å². The van der Waals surface area contributed by atoms with Crippen LogP contribution in [0.4, 0.5) is 0 Å². The molecular weight excluding hydrogens is 280 g/mol. The Balaban J connectivity index is 3.80. The molecule has 0 spiro atoms. The molecule has 0 atom stereocenters. The molecule has 0 amide bonds. The maximum absolute atomic E-state index is 11.4. The molecule has 2 N–H and O–H groups in total. The van der Waals surface area contributed by atoms with Crippen LogP contribution < -0.4 is 0 Å². The van der Waals surface area contributed by atoms with Crippen molar-refractivity contribution in [3.05, 3.63) is 10.8 Å². The monoisotopic (exact) mass is 296 g/mol. The van der Waals surface area contributed by atoms with E-state index in [0.717, 1.165) is 5.41 Å². The maximum Gasteiger partial charge on any atom is 0.303 e. The molecule has 0 fully saturated rings. The van der Waals surface area contributed by atoms with Gasteiger partial charge in [0.15, 0.2) is 9.84 Å². The molecule has 0 aromatic heterocycles. The summed E-state index contributed by atoms with van der Waals surface area (Å²) in [5.41, 5.74) is 0. The molecule has 0 bridgehead atoms. The Labute approximate surface area is 110 Å². The zero-order chi connectivity index (χ0) is 14.0. The Kier molecular flexibility index (Phi) is 8.47. The standard InChI is InChI=1S/C10H16O6S2/c11-9(12)3-1-5-17-6-8-18(15,16)7-2-4-10(13)14/h6,8H,1-5,7H2,(H,11,12)(H,13,14). The normalized spacial score (nSPS) is 11.8. The molecular formula is C10H16O6S2. The number of carbonyl (C=O) groups is 2. The molecule has 0 aliphatic rings. The van der Waals surface area contributed by atoms with Crippen LogP contribution in [0.15, 0.2) is 10.8 Å². The molecule has 6 nitrogen and oxygen atoms in total. The van der Waals surface area contributed by atoms with E-state index in [1.807, 2.05) is 0 Å². The van der Waals surface area contributed by atoms with Gasteiger partial charge in [0.1, 0.15) is 0 Å². The highest BCUT2D eigenvalue weighted by molar-refractivity contribution is 8.03. The van der Waals surface area contributed by atoms with Crippen molar-refractivity contribution >= 4 is 33.5 Å². The van der Waals surface area contributed by atoms with Crippen LogP contribution in [0.2, 0.25) is 0 Å². The third-order valence-electron chi connectivity index (χ3n) is 1.83. The second-order valence-electron chi connectivity index (χ2n) is 3.50. The minimum absolute atomic E-state index is 0.0617. The van der Waals surface area contributed by atoms with Crippen LogP contribution >= 0.6 is 11.8 Å².